The van der Waals surface area contributed by atoms with Crippen molar-refractivity contribution in [3.05, 3.63) is 0 Å². The molecule has 0 aromatic rings. The lowest BCUT2D eigenvalue weighted by molar-refractivity contribution is 0.0368. The molecule has 1 N–H and O–H groups in total. The number of rotatable bonds is 5. The van der Waals surface area contributed by atoms with Crippen molar-refractivity contribution in [1.82, 2.24) is 0 Å². The molecule has 0 saturated heterocycles. The average molecular weight is 226 g/mol. The van der Waals surface area contributed by atoms with Crippen molar-refractivity contribution in [1.29, 1.82) is 0 Å². The Balaban J connectivity index is 2.55. The van der Waals surface area contributed by atoms with E-state index in [-0.39, 0.29) is 0 Å². The largest absolute Gasteiger partial charge is 0.390 e. The predicted molar refractivity (Wildman–Crippen MR) is 70.5 cm³/mol. The Hall–Kier alpha value is -0.0400. The van der Waals surface area contributed by atoms with Gasteiger partial charge in [0.1, 0.15) is 0 Å². The monoisotopic (exact) mass is 226 g/mol. The summed E-state index contributed by atoms with van der Waals surface area (Å²) in [5.74, 6) is 0.792. The summed E-state index contributed by atoms with van der Waals surface area (Å²) < 4.78 is 0. The maximum atomic E-state index is 9.90. The zero-order valence-electron chi connectivity index (χ0n) is 11.7. The van der Waals surface area contributed by atoms with Crippen LogP contribution in [0.5, 0.6) is 0 Å². The van der Waals surface area contributed by atoms with Crippen LogP contribution in [0.4, 0.5) is 0 Å². The highest BCUT2D eigenvalue weighted by Crippen LogP contribution is 2.45. The first kappa shape index (κ1) is 14.0. The van der Waals surface area contributed by atoms with Gasteiger partial charge in [0, 0.05) is 0 Å². The van der Waals surface area contributed by atoms with E-state index in [4.69, 9.17) is 0 Å². The van der Waals surface area contributed by atoms with Gasteiger partial charge in [0.25, 0.3) is 0 Å². The van der Waals surface area contributed by atoms with Crippen LogP contribution in [0, 0.1) is 11.3 Å². The normalized spacial score (nSPS) is 21.4. The second-order valence-corrected chi connectivity index (χ2v) is 6.97. The first-order valence-electron chi connectivity index (χ1n) is 7.05. The highest BCUT2D eigenvalue weighted by atomic mass is 16.3. The van der Waals surface area contributed by atoms with Crippen LogP contribution in [-0.2, 0) is 0 Å². The molecule has 0 heterocycles. The fourth-order valence-electron chi connectivity index (χ4n) is 3.30. The van der Waals surface area contributed by atoms with Crippen molar-refractivity contribution < 1.29 is 5.11 Å². The molecule has 0 bridgehead atoms. The summed E-state index contributed by atoms with van der Waals surface area (Å²) in [6.45, 7) is 8.55. The molecule has 0 aromatic heterocycles. The van der Waals surface area contributed by atoms with Crippen molar-refractivity contribution in [2.75, 3.05) is 0 Å². The Morgan fingerprint density at radius 3 is 2.12 bits per heavy atom. The summed E-state index contributed by atoms with van der Waals surface area (Å²) in [6, 6.07) is 0. The predicted octanol–water partition coefficient (Wildman–Crippen LogP) is 4.53. The molecule has 0 spiro atoms. The van der Waals surface area contributed by atoms with E-state index in [1.54, 1.807) is 0 Å². The van der Waals surface area contributed by atoms with E-state index in [1.807, 2.05) is 13.8 Å². The first-order valence-corrected chi connectivity index (χ1v) is 7.05. The minimum absolute atomic E-state index is 0.485. The van der Waals surface area contributed by atoms with Gasteiger partial charge in [0.2, 0.25) is 0 Å². The van der Waals surface area contributed by atoms with E-state index in [0.29, 0.717) is 5.41 Å². The third-order valence-corrected chi connectivity index (χ3v) is 4.02. The van der Waals surface area contributed by atoms with Gasteiger partial charge in [-0.15, -0.1) is 0 Å². The Kier molecular flexibility index (Phi) is 4.85. The standard InChI is InChI=1S/C15H30O/c1-13(2)12-15(8-6-5-7-9-15)11-10-14(3,4)16/h13,16H,5-12H2,1-4H3. The van der Waals surface area contributed by atoms with Crippen molar-refractivity contribution >= 4 is 0 Å². The Labute approximate surface area is 102 Å². The summed E-state index contributed by atoms with van der Waals surface area (Å²) >= 11 is 0. The fourth-order valence-corrected chi connectivity index (χ4v) is 3.30. The summed E-state index contributed by atoms with van der Waals surface area (Å²) in [4.78, 5) is 0. The van der Waals surface area contributed by atoms with Crippen molar-refractivity contribution in [2.24, 2.45) is 11.3 Å². The van der Waals surface area contributed by atoms with Crippen LogP contribution in [0.15, 0.2) is 0 Å². The molecule has 1 rings (SSSR count). The van der Waals surface area contributed by atoms with Crippen LogP contribution < -0.4 is 0 Å². The van der Waals surface area contributed by atoms with E-state index in [9.17, 15) is 5.11 Å². The third-order valence-electron chi connectivity index (χ3n) is 4.02. The number of aliphatic hydroxyl groups is 1. The Morgan fingerprint density at radius 2 is 1.69 bits per heavy atom. The van der Waals surface area contributed by atoms with Crippen molar-refractivity contribution in [3.63, 3.8) is 0 Å². The summed E-state index contributed by atoms with van der Waals surface area (Å²) in [5.41, 5.74) is 0.0633. The van der Waals surface area contributed by atoms with Gasteiger partial charge in [-0.2, -0.15) is 0 Å². The minimum Gasteiger partial charge on any atom is -0.390 e. The minimum atomic E-state index is -0.485. The van der Waals surface area contributed by atoms with Crippen LogP contribution in [0.25, 0.3) is 0 Å². The topological polar surface area (TPSA) is 20.2 Å². The molecule has 1 fully saturated rings. The molecule has 1 aliphatic rings. The lowest BCUT2D eigenvalue weighted by atomic mass is 9.66. The van der Waals surface area contributed by atoms with Crippen molar-refractivity contribution in [2.45, 2.75) is 84.7 Å². The van der Waals surface area contributed by atoms with E-state index in [1.165, 1.54) is 44.9 Å². The average Bonchev–Trinajstić information content (AvgIpc) is 2.14. The second kappa shape index (κ2) is 5.53. The van der Waals surface area contributed by atoms with Crippen LogP contribution in [-0.4, -0.2) is 10.7 Å². The molecule has 0 aliphatic heterocycles. The van der Waals surface area contributed by atoms with Crippen LogP contribution in [0.2, 0.25) is 0 Å². The SMILES string of the molecule is CC(C)CC1(CCC(C)(C)O)CCCCC1. The molecule has 0 amide bonds. The molecular formula is C15H30O. The smallest absolute Gasteiger partial charge is 0.0592 e. The van der Waals surface area contributed by atoms with Gasteiger partial charge in [-0.1, -0.05) is 33.1 Å². The van der Waals surface area contributed by atoms with E-state index < -0.39 is 5.60 Å². The van der Waals surface area contributed by atoms with Crippen LogP contribution in [0.1, 0.15) is 79.1 Å². The van der Waals surface area contributed by atoms with E-state index in [2.05, 4.69) is 13.8 Å². The maximum Gasteiger partial charge on any atom is 0.0592 e. The van der Waals surface area contributed by atoms with Gasteiger partial charge in [-0.3, -0.25) is 0 Å². The molecule has 0 atom stereocenters. The molecule has 1 heteroatoms. The van der Waals surface area contributed by atoms with E-state index in [0.717, 1.165) is 12.3 Å². The third kappa shape index (κ3) is 4.86. The molecule has 0 radical (unpaired) electrons. The fraction of sp³-hybridized carbons (Fsp3) is 1.00. The van der Waals surface area contributed by atoms with Crippen LogP contribution in [0.3, 0.4) is 0 Å². The van der Waals surface area contributed by atoms with Gasteiger partial charge in [0.15, 0.2) is 0 Å². The van der Waals surface area contributed by atoms with E-state index >= 15 is 0 Å². The first-order chi connectivity index (χ1) is 7.33. The lowest BCUT2D eigenvalue weighted by Crippen LogP contribution is -2.30. The number of hydrogen-bond acceptors (Lipinski definition) is 1. The van der Waals surface area contributed by atoms with Crippen molar-refractivity contribution in [3.8, 4) is 0 Å². The molecule has 96 valence electrons. The molecule has 1 nitrogen and oxygen atoms in total. The molecular weight excluding hydrogens is 196 g/mol. The van der Waals surface area contributed by atoms with Gasteiger partial charge in [0.05, 0.1) is 5.60 Å². The van der Waals surface area contributed by atoms with Gasteiger partial charge in [-0.05, 0) is 57.3 Å². The molecule has 1 aliphatic carbocycles. The highest BCUT2D eigenvalue weighted by molar-refractivity contribution is 4.85. The van der Waals surface area contributed by atoms with Gasteiger partial charge < -0.3 is 5.11 Å². The van der Waals surface area contributed by atoms with Gasteiger partial charge in [-0.25, -0.2) is 0 Å². The quantitative estimate of drug-likeness (QED) is 0.730. The number of hydrogen-bond donors (Lipinski definition) is 1. The second-order valence-electron chi connectivity index (χ2n) is 6.97. The molecule has 0 aromatic carbocycles. The highest BCUT2D eigenvalue weighted by Gasteiger charge is 2.33. The summed E-state index contributed by atoms with van der Waals surface area (Å²) in [7, 11) is 0. The molecule has 1 saturated carbocycles. The zero-order chi connectivity index (χ0) is 12.2. The zero-order valence-corrected chi connectivity index (χ0v) is 11.7. The summed E-state index contributed by atoms with van der Waals surface area (Å²) in [5, 5.41) is 9.90. The summed E-state index contributed by atoms with van der Waals surface area (Å²) in [6.07, 6.45) is 10.5. The van der Waals surface area contributed by atoms with Gasteiger partial charge >= 0.3 is 0 Å². The Morgan fingerprint density at radius 1 is 1.12 bits per heavy atom. The Bertz CT molecular complexity index is 194. The lowest BCUT2D eigenvalue weighted by Gasteiger charge is -2.40. The molecule has 16 heavy (non-hydrogen) atoms. The maximum absolute atomic E-state index is 9.90. The van der Waals surface area contributed by atoms with Crippen LogP contribution >= 0.6 is 0 Å². The molecule has 0 unspecified atom stereocenters.